The molecule has 0 unspecified atom stereocenters. The summed E-state index contributed by atoms with van der Waals surface area (Å²) in [6.07, 6.45) is 2.65. The predicted molar refractivity (Wildman–Crippen MR) is 52.3 cm³/mol. The van der Waals surface area contributed by atoms with Crippen LogP contribution in [-0.2, 0) is 5.54 Å². The van der Waals surface area contributed by atoms with Crippen molar-refractivity contribution in [3.05, 3.63) is 29.1 Å². The number of hydrogen-bond acceptors (Lipinski definition) is 2. The van der Waals surface area contributed by atoms with E-state index in [9.17, 15) is 13.2 Å². The first-order valence-corrected chi connectivity index (χ1v) is 5.11. The third-order valence-electron chi connectivity index (χ3n) is 3.17. The van der Waals surface area contributed by atoms with Gasteiger partial charge in [-0.3, -0.25) is 0 Å². The van der Waals surface area contributed by atoms with Gasteiger partial charge in [0.1, 0.15) is 0 Å². The third kappa shape index (κ3) is 1.55. The van der Waals surface area contributed by atoms with Crippen LogP contribution in [0.15, 0.2) is 6.07 Å². The summed E-state index contributed by atoms with van der Waals surface area (Å²) in [6.45, 7) is 0. The fourth-order valence-corrected chi connectivity index (χ4v) is 2.23. The summed E-state index contributed by atoms with van der Waals surface area (Å²) in [7, 11) is 0. The topological polar surface area (TPSA) is 46.2 Å². The number of phenolic OH excluding ortho intramolecular Hbond substituents is 1. The second kappa shape index (κ2) is 3.66. The largest absolute Gasteiger partial charge is 0.503 e. The number of hydrogen-bond donors (Lipinski definition) is 2. The van der Waals surface area contributed by atoms with E-state index < -0.39 is 28.7 Å². The molecular formula is C11H12F3NO. The molecule has 1 aromatic rings. The molecule has 1 aliphatic rings. The molecule has 1 aromatic carbocycles. The number of halogens is 3. The number of rotatable bonds is 1. The Labute approximate surface area is 90.9 Å². The average Bonchev–Trinajstić information content (AvgIpc) is 2.68. The van der Waals surface area contributed by atoms with Crippen molar-refractivity contribution in [1.29, 1.82) is 0 Å². The van der Waals surface area contributed by atoms with Crippen LogP contribution in [0.3, 0.4) is 0 Å². The van der Waals surface area contributed by atoms with Crippen LogP contribution in [0.1, 0.15) is 31.2 Å². The first-order valence-electron chi connectivity index (χ1n) is 5.11. The number of nitrogens with two attached hydrogens (primary N) is 1. The van der Waals surface area contributed by atoms with E-state index in [0.29, 0.717) is 12.8 Å². The molecule has 0 heterocycles. The maximum absolute atomic E-state index is 13.6. The Morgan fingerprint density at radius 3 is 2.25 bits per heavy atom. The van der Waals surface area contributed by atoms with Gasteiger partial charge in [0.05, 0.1) is 0 Å². The molecule has 88 valence electrons. The van der Waals surface area contributed by atoms with Gasteiger partial charge < -0.3 is 10.8 Å². The zero-order chi connectivity index (χ0) is 11.9. The Bertz CT molecular complexity index is 428. The quantitative estimate of drug-likeness (QED) is 0.729. The second-order valence-corrected chi connectivity index (χ2v) is 4.25. The van der Waals surface area contributed by atoms with Crippen molar-refractivity contribution in [1.82, 2.24) is 0 Å². The molecule has 0 atom stereocenters. The van der Waals surface area contributed by atoms with Crippen molar-refractivity contribution in [2.75, 3.05) is 0 Å². The van der Waals surface area contributed by atoms with Crippen LogP contribution < -0.4 is 5.73 Å². The van der Waals surface area contributed by atoms with Gasteiger partial charge in [0.15, 0.2) is 17.4 Å². The first kappa shape index (κ1) is 11.3. The summed E-state index contributed by atoms with van der Waals surface area (Å²) in [6, 6.07) is 0.746. The standard InChI is InChI=1S/C11H12F3NO/c12-7-5-6(8(13)10(16)9(7)14)11(15)3-1-2-4-11/h5,16H,1-4,15H2. The normalized spacial score (nSPS) is 19.0. The summed E-state index contributed by atoms with van der Waals surface area (Å²) in [4.78, 5) is 0. The predicted octanol–water partition coefficient (Wildman–Crippen LogP) is 2.54. The summed E-state index contributed by atoms with van der Waals surface area (Å²) in [5.41, 5.74) is 4.80. The lowest BCUT2D eigenvalue weighted by molar-refractivity contribution is 0.354. The Morgan fingerprint density at radius 2 is 1.69 bits per heavy atom. The Morgan fingerprint density at radius 1 is 1.12 bits per heavy atom. The van der Waals surface area contributed by atoms with Crippen molar-refractivity contribution in [3.63, 3.8) is 0 Å². The van der Waals surface area contributed by atoms with E-state index >= 15 is 0 Å². The van der Waals surface area contributed by atoms with Gasteiger partial charge in [-0.1, -0.05) is 12.8 Å². The summed E-state index contributed by atoms with van der Waals surface area (Å²) < 4.78 is 39.6. The minimum atomic E-state index is -1.57. The molecule has 0 radical (unpaired) electrons. The van der Waals surface area contributed by atoms with Gasteiger partial charge in [-0.15, -0.1) is 0 Å². The maximum Gasteiger partial charge on any atom is 0.203 e. The molecule has 0 amide bonds. The van der Waals surface area contributed by atoms with Gasteiger partial charge in [0, 0.05) is 11.1 Å². The highest BCUT2D eigenvalue weighted by molar-refractivity contribution is 5.37. The lowest BCUT2D eigenvalue weighted by Gasteiger charge is -2.25. The molecule has 5 heteroatoms. The fourth-order valence-electron chi connectivity index (χ4n) is 2.23. The molecule has 16 heavy (non-hydrogen) atoms. The van der Waals surface area contributed by atoms with Crippen LogP contribution >= 0.6 is 0 Å². The Hall–Kier alpha value is -1.23. The molecule has 0 spiro atoms. The SMILES string of the molecule is NC1(c2cc(F)c(F)c(O)c2F)CCCC1. The molecule has 1 fully saturated rings. The lowest BCUT2D eigenvalue weighted by atomic mass is 9.88. The van der Waals surface area contributed by atoms with Crippen LogP contribution in [0.25, 0.3) is 0 Å². The highest BCUT2D eigenvalue weighted by Gasteiger charge is 2.36. The molecule has 0 aliphatic heterocycles. The van der Waals surface area contributed by atoms with Crippen molar-refractivity contribution < 1.29 is 18.3 Å². The summed E-state index contributed by atoms with van der Waals surface area (Å²) in [5.74, 6) is -5.27. The highest BCUT2D eigenvalue weighted by Crippen LogP contribution is 2.40. The highest BCUT2D eigenvalue weighted by atomic mass is 19.2. The summed E-state index contributed by atoms with van der Waals surface area (Å²) >= 11 is 0. The first-order chi connectivity index (χ1) is 7.46. The number of benzene rings is 1. The van der Waals surface area contributed by atoms with Gasteiger partial charge in [0.25, 0.3) is 0 Å². The number of aromatic hydroxyl groups is 1. The van der Waals surface area contributed by atoms with E-state index in [2.05, 4.69) is 0 Å². The average molecular weight is 231 g/mol. The maximum atomic E-state index is 13.6. The Kier molecular flexibility index (Phi) is 2.58. The van der Waals surface area contributed by atoms with Gasteiger partial charge in [-0.25, -0.2) is 8.78 Å². The van der Waals surface area contributed by atoms with Gasteiger partial charge in [-0.05, 0) is 18.9 Å². The van der Waals surface area contributed by atoms with Gasteiger partial charge >= 0.3 is 0 Å². The van der Waals surface area contributed by atoms with E-state index in [4.69, 9.17) is 10.8 Å². The van der Waals surface area contributed by atoms with Crippen LogP contribution in [0, 0.1) is 17.5 Å². The smallest absolute Gasteiger partial charge is 0.203 e. The van der Waals surface area contributed by atoms with Crippen molar-refractivity contribution in [2.45, 2.75) is 31.2 Å². The van der Waals surface area contributed by atoms with Gasteiger partial charge in [-0.2, -0.15) is 4.39 Å². The van der Waals surface area contributed by atoms with Crippen LogP contribution in [0.2, 0.25) is 0 Å². The van der Waals surface area contributed by atoms with E-state index in [1.165, 1.54) is 0 Å². The zero-order valence-electron chi connectivity index (χ0n) is 8.56. The fraction of sp³-hybridized carbons (Fsp3) is 0.455. The minimum absolute atomic E-state index is 0.138. The van der Waals surface area contributed by atoms with Gasteiger partial charge in [0.2, 0.25) is 5.82 Å². The zero-order valence-corrected chi connectivity index (χ0v) is 8.56. The van der Waals surface area contributed by atoms with Crippen LogP contribution in [-0.4, -0.2) is 5.11 Å². The third-order valence-corrected chi connectivity index (χ3v) is 3.17. The molecule has 3 N–H and O–H groups in total. The van der Waals surface area contributed by atoms with Crippen molar-refractivity contribution in [3.8, 4) is 5.75 Å². The minimum Gasteiger partial charge on any atom is -0.503 e. The molecule has 1 saturated carbocycles. The molecular weight excluding hydrogens is 219 g/mol. The molecule has 2 rings (SSSR count). The number of phenols is 1. The monoisotopic (exact) mass is 231 g/mol. The van der Waals surface area contributed by atoms with Crippen LogP contribution in [0.5, 0.6) is 5.75 Å². The molecule has 0 bridgehead atoms. The molecule has 0 aromatic heterocycles. The van der Waals surface area contributed by atoms with Crippen molar-refractivity contribution in [2.24, 2.45) is 5.73 Å². The Balaban J connectivity index is 2.57. The van der Waals surface area contributed by atoms with Crippen LogP contribution in [0.4, 0.5) is 13.2 Å². The molecule has 1 aliphatic carbocycles. The van der Waals surface area contributed by atoms with E-state index in [0.717, 1.165) is 18.9 Å². The summed E-state index contributed by atoms with van der Waals surface area (Å²) in [5, 5.41) is 9.10. The molecule has 0 saturated heterocycles. The second-order valence-electron chi connectivity index (χ2n) is 4.25. The lowest BCUT2D eigenvalue weighted by Crippen LogP contribution is -2.34. The van der Waals surface area contributed by atoms with Crippen molar-refractivity contribution >= 4 is 0 Å². The van der Waals surface area contributed by atoms with E-state index in [1.54, 1.807) is 0 Å². The van der Waals surface area contributed by atoms with E-state index in [-0.39, 0.29) is 5.56 Å². The van der Waals surface area contributed by atoms with E-state index in [1.807, 2.05) is 0 Å². The molecule has 2 nitrogen and oxygen atoms in total.